The summed E-state index contributed by atoms with van der Waals surface area (Å²) in [5, 5.41) is 1.97. The maximum absolute atomic E-state index is 12.6. The van der Waals surface area contributed by atoms with Gasteiger partial charge in [0.2, 0.25) is 6.10 Å². The molecule has 4 aromatic rings. The van der Waals surface area contributed by atoms with Crippen LogP contribution in [0, 0.1) is 6.92 Å². The quantitative estimate of drug-likeness (QED) is 0.251. The summed E-state index contributed by atoms with van der Waals surface area (Å²) in [5.41, 5.74) is 1.24. The number of hydrogen-bond donors (Lipinski definition) is 0. The SMILES string of the molecule is CCOC(=O)[C@H](Oc1ccc2c(oc(=O)c3cc(OC)ccc32)c1C)c1ccccc1. The van der Waals surface area contributed by atoms with Crippen molar-refractivity contribution >= 4 is 27.7 Å². The monoisotopic (exact) mass is 418 g/mol. The zero-order valence-electron chi connectivity index (χ0n) is 17.5. The smallest absolute Gasteiger partial charge is 0.352 e. The molecule has 0 spiro atoms. The van der Waals surface area contributed by atoms with E-state index in [2.05, 4.69) is 0 Å². The molecule has 1 aromatic heterocycles. The molecule has 31 heavy (non-hydrogen) atoms. The molecule has 6 nitrogen and oxygen atoms in total. The third kappa shape index (κ3) is 3.84. The molecule has 4 rings (SSSR count). The largest absolute Gasteiger partial charge is 0.497 e. The fraction of sp³-hybridized carbons (Fsp3) is 0.200. The van der Waals surface area contributed by atoms with E-state index in [1.807, 2.05) is 30.3 Å². The maximum Gasteiger partial charge on any atom is 0.352 e. The van der Waals surface area contributed by atoms with Gasteiger partial charge >= 0.3 is 11.6 Å². The van der Waals surface area contributed by atoms with Gasteiger partial charge in [-0.3, -0.25) is 0 Å². The third-order valence-corrected chi connectivity index (χ3v) is 5.14. The van der Waals surface area contributed by atoms with E-state index in [4.69, 9.17) is 18.6 Å². The van der Waals surface area contributed by atoms with E-state index >= 15 is 0 Å². The standard InChI is InChI=1S/C25H22O6/c1-4-29-25(27)23(16-8-6-5-7-9-16)30-21-13-12-19-18-11-10-17(28-3)14-20(18)24(26)31-22(19)15(21)2/h5-14,23H,4H2,1-3H3/t23-/m1/s1. The van der Waals surface area contributed by atoms with Gasteiger partial charge in [-0.1, -0.05) is 30.3 Å². The Morgan fingerprint density at radius 3 is 2.45 bits per heavy atom. The van der Waals surface area contributed by atoms with E-state index in [0.29, 0.717) is 33.6 Å². The fourth-order valence-electron chi connectivity index (χ4n) is 3.57. The van der Waals surface area contributed by atoms with Gasteiger partial charge < -0.3 is 18.6 Å². The third-order valence-electron chi connectivity index (χ3n) is 5.14. The summed E-state index contributed by atoms with van der Waals surface area (Å²) in [6.45, 7) is 3.78. The van der Waals surface area contributed by atoms with Crippen molar-refractivity contribution in [3.05, 3.63) is 82.2 Å². The lowest BCUT2D eigenvalue weighted by molar-refractivity contribution is -0.151. The predicted octanol–water partition coefficient (Wildman–Crippen LogP) is 4.95. The molecule has 1 atom stereocenters. The number of carbonyl (C=O) groups excluding carboxylic acids is 1. The lowest BCUT2D eigenvalue weighted by atomic mass is 10.0. The number of ether oxygens (including phenoxy) is 3. The van der Waals surface area contributed by atoms with E-state index in [0.717, 1.165) is 10.8 Å². The Bertz CT molecular complexity index is 1310. The number of rotatable bonds is 6. The first-order chi connectivity index (χ1) is 15.0. The van der Waals surface area contributed by atoms with Crippen LogP contribution >= 0.6 is 0 Å². The van der Waals surface area contributed by atoms with Gasteiger partial charge in [-0.15, -0.1) is 0 Å². The Labute approximate surface area is 179 Å². The van der Waals surface area contributed by atoms with Gasteiger partial charge in [-0.25, -0.2) is 9.59 Å². The second-order valence-electron chi connectivity index (χ2n) is 7.03. The molecule has 0 unspecified atom stereocenters. The van der Waals surface area contributed by atoms with E-state index in [-0.39, 0.29) is 6.61 Å². The predicted molar refractivity (Wildman–Crippen MR) is 118 cm³/mol. The van der Waals surface area contributed by atoms with Gasteiger partial charge in [0.1, 0.15) is 17.1 Å². The Balaban J connectivity index is 1.82. The fourth-order valence-corrected chi connectivity index (χ4v) is 3.57. The molecule has 0 bridgehead atoms. The molecule has 158 valence electrons. The molecule has 1 heterocycles. The topological polar surface area (TPSA) is 75.0 Å². The molecule has 3 aromatic carbocycles. The summed E-state index contributed by atoms with van der Waals surface area (Å²) >= 11 is 0. The second kappa shape index (κ2) is 8.52. The van der Waals surface area contributed by atoms with Gasteiger partial charge in [0.25, 0.3) is 0 Å². The Morgan fingerprint density at radius 1 is 1.00 bits per heavy atom. The van der Waals surface area contributed by atoms with E-state index in [1.165, 1.54) is 0 Å². The molecule has 0 saturated heterocycles. The Morgan fingerprint density at radius 2 is 1.74 bits per heavy atom. The van der Waals surface area contributed by atoms with Gasteiger partial charge in [0.05, 0.1) is 19.1 Å². The first-order valence-corrected chi connectivity index (χ1v) is 9.96. The summed E-state index contributed by atoms with van der Waals surface area (Å²) in [5.74, 6) is 0.529. The van der Waals surface area contributed by atoms with Crippen LogP contribution in [0.2, 0.25) is 0 Å². The number of esters is 1. The molecule has 0 N–H and O–H groups in total. The van der Waals surface area contributed by atoms with Crippen molar-refractivity contribution in [2.45, 2.75) is 20.0 Å². The molecule has 0 saturated carbocycles. The summed E-state index contributed by atoms with van der Waals surface area (Å²) in [6.07, 6.45) is -0.936. The van der Waals surface area contributed by atoms with Crippen molar-refractivity contribution in [1.82, 2.24) is 0 Å². The van der Waals surface area contributed by atoms with Crippen molar-refractivity contribution in [1.29, 1.82) is 0 Å². The zero-order valence-corrected chi connectivity index (χ0v) is 17.5. The van der Waals surface area contributed by atoms with Crippen LogP contribution < -0.4 is 15.1 Å². The number of carbonyl (C=O) groups is 1. The van der Waals surface area contributed by atoms with E-state index < -0.39 is 17.7 Å². The van der Waals surface area contributed by atoms with Gasteiger partial charge in [0.15, 0.2) is 0 Å². The van der Waals surface area contributed by atoms with Crippen LogP contribution in [0.3, 0.4) is 0 Å². The van der Waals surface area contributed by atoms with E-state index in [1.54, 1.807) is 51.3 Å². The van der Waals surface area contributed by atoms with Crippen molar-refractivity contribution < 1.29 is 23.4 Å². The molecular weight excluding hydrogens is 396 g/mol. The average molecular weight is 418 g/mol. The van der Waals surface area contributed by atoms with Crippen molar-refractivity contribution in [2.24, 2.45) is 0 Å². The molecule has 0 amide bonds. The van der Waals surface area contributed by atoms with Gasteiger partial charge in [-0.05, 0) is 44.2 Å². The minimum atomic E-state index is -0.936. The number of benzene rings is 3. The molecular formula is C25H22O6. The minimum Gasteiger partial charge on any atom is -0.497 e. The number of hydrogen-bond acceptors (Lipinski definition) is 6. The Kier molecular flexibility index (Phi) is 5.62. The molecule has 0 aliphatic heterocycles. The summed E-state index contributed by atoms with van der Waals surface area (Å²) in [7, 11) is 1.55. The lowest BCUT2D eigenvalue weighted by Gasteiger charge is -2.20. The van der Waals surface area contributed by atoms with Crippen LogP contribution in [0.4, 0.5) is 0 Å². The van der Waals surface area contributed by atoms with Gasteiger partial charge in [0, 0.05) is 21.9 Å². The van der Waals surface area contributed by atoms with Crippen LogP contribution in [0.15, 0.2) is 69.9 Å². The summed E-state index contributed by atoms with van der Waals surface area (Å²) in [4.78, 5) is 25.2. The van der Waals surface area contributed by atoms with Crippen molar-refractivity contribution in [2.75, 3.05) is 13.7 Å². The van der Waals surface area contributed by atoms with Crippen LogP contribution in [0.5, 0.6) is 11.5 Å². The average Bonchev–Trinajstić information content (AvgIpc) is 2.79. The molecule has 0 aliphatic carbocycles. The highest BCUT2D eigenvalue weighted by molar-refractivity contribution is 6.06. The van der Waals surface area contributed by atoms with Crippen LogP contribution in [-0.2, 0) is 9.53 Å². The highest BCUT2D eigenvalue weighted by Crippen LogP contribution is 2.34. The number of fused-ring (bicyclic) bond motifs is 3. The summed E-state index contributed by atoms with van der Waals surface area (Å²) in [6, 6.07) is 18.0. The molecule has 0 fully saturated rings. The number of methoxy groups -OCH3 is 1. The van der Waals surface area contributed by atoms with Gasteiger partial charge in [-0.2, -0.15) is 0 Å². The molecule has 0 radical (unpaired) electrons. The van der Waals surface area contributed by atoms with Crippen LogP contribution in [0.25, 0.3) is 21.7 Å². The number of aryl methyl sites for hydroxylation is 1. The van der Waals surface area contributed by atoms with Crippen LogP contribution in [-0.4, -0.2) is 19.7 Å². The first kappa shape index (κ1) is 20.5. The van der Waals surface area contributed by atoms with E-state index in [9.17, 15) is 9.59 Å². The lowest BCUT2D eigenvalue weighted by Crippen LogP contribution is -2.21. The maximum atomic E-state index is 12.6. The van der Waals surface area contributed by atoms with Crippen LogP contribution in [0.1, 0.15) is 24.2 Å². The zero-order chi connectivity index (χ0) is 22.0. The highest BCUT2D eigenvalue weighted by Gasteiger charge is 2.25. The highest BCUT2D eigenvalue weighted by atomic mass is 16.6. The normalized spacial score (nSPS) is 12.0. The Hall–Kier alpha value is -3.80. The second-order valence-corrected chi connectivity index (χ2v) is 7.03. The minimum absolute atomic E-state index is 0.243. The molecule has 6 heteroatoms. The summed E-state index contributed by atoms with van der Waals surface area (Å²) < 4.78 is 22.1. The van der Waals surface area contributed by atoms with Crippen molar-refractivity contribution in [3.8, 4) is 11.5 Å². The molecule has 0 aliphatic rings. The first-order valence-electron chi connectivity index (χ1n) is 9.96. The van der Waals surface area contributed by atoms with Crippen molar-refractivity contribution in [3.63, 3.8) is 0 Å².